The Bertz CT molecular complexity index is 607. The van der Waals surface area contributed by atoms with Gasteiger partial charge >= 0.3 is 0 Å². The minimum absolute atomic E-state index is 0.332. The minimum atomic E-state index is -3.40. The quantitative estimate of drug-likeness (QED) is 0.744. The highest BCUT2D eigenvalue weighted by Crippen LogP contribution is 2.32. The van der Waals surface area contributed by atoms with Gasteiger partial charge in [-0.2, -0.15) is 4.98 Å². The van der Waals surface area contributed by atoms with E-state index in [0.717, 1.165) is 19.1 Å². The average Bonchev–Trinajstić information content (AvgIpc) is 3.07. The molecule has 9 heteroatoms. The molecule has 1 saturated carbocycles. The van der Waals surface area contributed by atoms with Crippen LogP contribution >= 0.6 is 0 Å². The first-order valence-electron chi connectivity index (χ1n) is 7.42. The van der Waals surface area contributed by atoms with Crippen molar-refractivity contribution >= 4 is 15.9 Å². The summed E-state index contributed by atoms with van der Waals surface area (Å²) in [5.74, 6) is 1.23. The van der Waals surface area contributed by atoms with Crippen LogP contribution in [0.2, 0.25) is 0 Å². The molecule has 0 aliphatic heterocycles. The predicted octanol–water partition coefficient (Wildman–Crippen LogP) is 0.324. The second-order valence-corrected chi connectivity index (χ2v) is 7.46. The molecule has 1 aromatic rings. The molecular formula is C13H22N4O4S. The lowest BCUT2D eigenvalue weighted by Crippen LogP contribution is -2.44. The van der Waals surface area contributed by atoms with Gasteiger partial charge in [-0.05, 0) is 19.8 Å². The van der Waals surface area contributed by atoms with E-state index in [1.165, 1.54) is 19.8 Å². The highest BCUT2D eigenvalue weighted by Gasteiger charge is 2.23. The summed E-state index contributed by atoms with van der Waals surface area (Å²) in [7, 11) is -3.40. The zero-order chi connectivity index (χ0) is 16.2. The van der Waals surface area contributed by atoms with Crippen LogP contribution in [-0.4, -0.2) is 43.3 Å². The Kier molecular flexibility index (Phi) is 5.52. The largest absolute Gasteiger partial charge is 0.354 e. The number of carbonyl (C=O) groups is 1. The Labute approximate surface area is 130 Å². The minimum Gasteiger partial charge on any atom is -0.354 e. The topological polar surface area (TPSA) is 114 Å². The molecule has 0 saturated heterocycles. The first kappa shape index (κ1) is 16.9. The van der Waals surface area contributed by atoms with Crippen molar-refractivity contribution in [1.29, 1.82) is 0 Å². The van der Waals surface area contributed by atoms with Crippen molar-refractivity contribution < 1.29 is 17.7 Å². The van der Waals surface area contributed by atoms with Crippen LogP contribution in [0.4, 0.5) is 0 Å². The van der Waals surface area contributed by atoms with Gasteiger partial charge in [0.2, 0.25) is 21.8 Å². The summed E-state index contributed by atoms with van der Waals surface area (Å²) in [6.07, 6.45) is 6.04. The van der Waals surface area contributed by atoms with E-state index >= 15 is 0 Å². The first-order valence-corrected chi connectivity index (χ1v) is 9.32. The van der Waals surface area contributed by atoms with Crippen LogP contribution < -0.4 is 10.0 Å². The van der Waals surface area contributed by atoms with Crippen LogP contribution in [0.15, 0.2) is 4.52 Å². The van der Waals surface area contributed by atoms with E-state index < -0.39 is 16.1 Å². The van der Waals surface area contributed by atoms with Gasteiger partial charge in [0.1, 0.15) is 0 Å². The van der Waals surface area contributed by atoms with Crippen LogP contribution in [0.5, 0.6) is 0 Å². The maximum atomic E-state index is 11.7. The van der Waals surface area contributed by atoms with Gasteiger partial charge in [0.05, 0.1) is 12.3 Å². The van der Waals surface area contributed by atoms with E-state index in [0.29, 0.717) is 30.6 Å². The van der Waals surface area contributed by atoms with Gasteiger partial charge in [-0.1, -0.05) is 18.0 Å². The molecule has 22 heavy (non-hydrogen) atoms. The van der Waals surface area contributed by atoms with Crippen LogP contribution in [0.25, 0.3) is 0 Å². The van der Waals surface area contributed by atoms with Crippen LogP contribution in [0.3, 0.4) is 0 Å². The Morgan fingerprint density at radius 3 is 2.73 bits per heavy atom. The van der Waals surface area contributed by atoms with Gasteiger partial charge in [-0.25, -0.2) is 13.1 Å². The second-order valence-electron chi connectivity index (χ2n) is 5.68. The first-order chi connectivity index (χ1) is 10.3. The van der Waals surface area contributed by atoms with Gasteiger partial charge in [-0.3, -0.25) is 4.79 Å². The highest BCUT2D eigenvalue weighted by atomic mass is 32.2. The molecule has 0 bridgehead atoms. The maximum absolute atomic E-state index is 11.7. The second kappa shape index (κ2) is 7.19. The Morgan fingerprint density at radius 1 is 1.41 bits per heavy atom. The number of sulfonamides is 1. The third-order valence-corrected chi connectivity index (χ3v) is 4.40. The average molecular weight is 330 g/mol. The summed E-state index contributed by atoms with van der Waals surface area (Å²) in [6.45, 7) is 1.82. The SMILES string of the molecule is C[C@@H](NS(C)(=O)=O)C(=O)NCCc1noc(C2CCCC2)n1. The monoisotopic (exact) mass is 330 g/mol. The zero-order valence-electron chi connectivity index (χ0n) is 12.8. The summed E-state index contributed by atoms with van der Waals surface area (Å²) in [5, 5.41) is 6.56. The van der Waals surface area contributed by atoms with Crippen molar-refractivity contribution in [3.8, 4) is 0 Å². The summed E-state index contributed by atoms with van der Waals surface area (Å²) < 4.78 is 29.6. The van der Waals surface area contributed by atoms with E-state index in [-0.39, 0.29) is 5.91 Å². The van der Waals surface area contributed by atoms with Crippen molar-refractivity contribution in [1.82, 2.24) is 20.2 Å². The number of hydrogen-bond acceptors (Lipinski definition) is 6. The molecule has 1 aliphatic rings. The van der Waals surface area contributed by atoms with Crippen LogP contribution in [0.1, 0.15) is 50.2 Å². The van der Waals surface area contributed by atoms with Crippen molar-refractivity contribution in [3.63, 3.8) is 0 Å². The fourth-order valence-corrected chi connectivity index (χ4v) is 3.28. The smallest absolute Gasteiger partial charge is 0.237 e. The number of carbonyl (C=O) groups excluding carboxylic acids is 1. The molecule has 1 aromatic heterocycles. The van der Waals surface area contributed by atoms with Gasteiger partial charge < -0.3 is 9.84 Å². The molecule has 8 nitrogen and oxygen atoms in total. The number of hydrogen-bond donors (Lipinski definition) is 2. The third kappa shape index (κ3) is 5.06. The van der Waals surface area contributed by atoms with Crippen LogP contribution in [0, 0.1) is 0 Å². The third-order valence-electron chi connectivity index (χ3n) is 3.62. The van der Waals surface area contributed by atoms with E-state index in [1.54, 1.807) is 0 Å². The zero-order valence-corrected chi connectivity index (χ0v) is 13.6. The molecule has 2 N–H and O–H groups in total. The summed E-state index contributed by atoms with van der Waals surface area (Å²) in [6, 6.07) is -0.811. The molecule has 1 fully saturated rings. The molecule has 1 aliphatic carbocycles. The Morgan fingerprint density at radius 2 is 2.09 bits per heavy atom. The van der Waals surface area contributed by atoms with Crippen molar-refractivity contribution in [2.75, 3.05) is 12.8 Å². The lowest BCUT2D eigenvalue weighted by molar-refractivity contribution is -0.122. The van der Waals surface area contributed by atoms with Gasteiger partial charge in [0, 0.05) is 18.9 Å². The Hall–Kier alpha value is -1.48. The molecule has 0 aromatic carbocycles. The fraction of sp³-hybridized carbons (Fsp3) is 0.769. The molecule has 0 unspecified atom stereocenters. The number of aromatic nitrogens is 2. The summed E-state index contributed by atoms with van der Waals surface area (Å²) >= 11 is 0. The fourth-order valence-electron chi connectivity index (χ4n) is 2.53. The van der Waals surface area contributed by atoms with E-state index in [9.17, 15) is 13.2 Å². The van der Waals surface area contributed by atoms with E-state index in [4.69, 9.17) is 4.52 Å². The molecule has 0 radical (unpaired) electrons. The number of amides is 1. The van der Waals surface area contributed by atoms with E-state index in [2.05, 4.69) is 20.2 Å². The predicted molar refractivity (Wildman–Crippen MR) is 79.7 cm³/mol. The van der Waals surface area contributed by atoms with Gasteiger partial charge in [0.25, 0.3) is 0 Å². The molecule has 0 spiro atoms. The van der Waals surface area contributed by atoms with Crippen molar-refractivity contribution in [3.05, 3.63) is 11.7 Å². The number of rotatable bonds is 7. The molecule has 2 rings (SSSR count). The number of nitrogens with one attached hydrogen (secondary N) is 2. The van der Waals surface area contributed by atoms with Gasteiger partial charge in [0.15, 0.2) is 5.82 Å². The number of nitrogens with zero attached hydrogens (tertiary/aromatic N) is 2. The van der Waals surface area contributed by atoms with Crippen LogP contribution in [-0.2, 0) is 21.2 Å². The molecular weight excluding hydrogens is 308 g/mol. The molecule has 1 heterocycles. The Balaban J connectivity index is 1.75. The molecule has 1 amide bonds. The summed E-state index contributed by atoms with van der Waals surface area (Å²) in [4.78, 5) is 16.1. The normalized spacial score (nSPS) is 17.5. The lowest BCUT2D eigenvalue weighted by Gasteiger charge is -2.11. The molecule has 124 valence electrons. The van der Waals surface area contributed by atoms with Crippen molar-refractivity contribution in [2.45, 2.75) is 51.0 Å². The van der Waals surface area contributed by atoms with Gasteiger partial charge in [-0.15, -0.1) is 0 Å². The van der Waals surface area contributed by atoms with E-state index in [1.807, 2.05) is 0 Å². The standard InChI is InChI=1S/C13H22N4O4S/c1-9(17-22(2,19)20)12(18)14-8-7-11-15-13(21-16-11)10-5-3-4-6-10/h9-10,17H,3-8H2,1-2H3,(H,14,18)/t9-/m1/s1. The van der Waals surface area contributed by atoms with Crippen molar-refractivity contribution in [2.24, 2.45) is 0 Å². The highest BCUT2D eigenvalue weighted by molar-refractivity contribution is 7.88. The maximum Gasteiger partial charge on any atom is 0.237 e. The summed E-state index contributed by atoms with van der Waals surface area (Å²) in [5.41, 5.74) is 0. The molecule has 1 atom stereocenters. The lowest BCUT2D eigenvalue weighted by atomic mass is 10.1.